The molecule has 5 nitrogen and oxygen atoms in total. The summed E-state index contributed by atoms with van der Waals surface area (Å²) >= 11 is 0. The number of para-hydroxylation sites is 1. The number of carboxylic acid groups (broad SMARTS) is 1. The lowest BCUT2D eigenvalue weighted by Crippen LogP contribution is -2.26. The van der Waals surface area contributed by atoms with Crippen molar-refractivity contribution in [3.05, 3.63) is 30.1 Å². The fraction of sp³-hybridized carbons (Fsp3) is 0.385. The van der Waals surface area contributed by atoms with Crippen molar-refractivity contribution in [3.63, 3.8) is 0 Å². The first kappa shape index (κ1) is 18.3. The second-order valence-electron chi connectivity index (χ2n) is 4.23. The standard InChI is InChI=1S/C13H17FN2O3.ClH/c1-16(9-7-13(18)19)8-6-12(17)15-11-5-3-2-4-10(11)14;/h2-5H,6-9H2,1H3,(H,15,17)(H,18,19);1H. The number of aliphatic carboxylic acids is 1. The van der Waals surface area contributed by atoms with Gasteiger partial charge in [-0.25, -0.2) is 4.39 Å². The third-order valence-corrected chi connectivity index (χ3v) is 2.58. The zero-order chi connectivity index (χ0) is 14.3. The van der Waals surface area contributed by atoms with Gasteiger partial charge in [-0.1, -0.05) is 12.1 Å². The topological polar surface area (TPSA) is 69.6 Å². The predicted molar refractivity (Wildman–Crippen MR) is 76.6 cm³/mol. The molecule has 7 heteroatoms. The number of nitrogens with one attached hydrogen (secondary N) is 1. The number of rotatable bonds is 7. The summed E-state index contributed by atoms with van der Waals surface area (Å²) in [5.74, 6) is -1.65. The molecule has 0 heterocycles. The van der Waals surface area contributed by atoms with Crippen molar-refractivity contribution in [2.75, 3.05) is 25.5 Å². The van der Waals surface area contributed by atoms with E-state index in [2.05, 4.69) is 5.32 Å². The van der Waals surface area contributed by atoms with Gasteiger partial charge in [0, 0.05) is 19.5 Å². The molecule has 0 radical (unpaired) electrons. The first-order valence-corrected chi connectivity index (χ1v) is 5.93. The van der Waals surface area contributed by atoms with Crippen LogP contribution in [0, 0.1) is 5.82 Å². The van der Waals surface area contributed by atoms with Crippen molar-refractivity contribution in [1.29, 1.82) is 0 Å². The molecule has 1 aromatic rings. The summed E-state index contributed by atoms with van der Waals surface area (Å²) in [6, 6.07) is 5.94. The third-order valence-electron chi connectivity index (χ3n) is 2.58. The van der Waals surface area contributed by atoms with E-state index in [-0.39, 0.29) is 36.8 Å². The molecule has 0 spiro atoms. The minimum absolute atomic E-state index is 0. The maximum Gasteiger partial charge on any atom is 0.304 e. The number of hydrogen-bond donors (Lipinski definition) is 2. The van der Waals surface area contributed by atoms with Gasteiger partial charge in [-0.3, -0.25) is 9.59 Å². The van der Waals surface area contributed by atoms with Crippen LogP contribution in [0.3, 0.4) is 0 Å². The van der Waals surface area contributed by atoms with E-state index in [1.165, 1.54) is 12.1 Å². The Morgan fingerprint density at radius 3 is 2.45 bits per heavy atom. The quantitative estimate of drug-likeness (QED) is 0.808. The van der Waals surface area contributed by atoms with Gasteiger partial charge in [-0.05, 0) is 19.2 Å². The van der Waals surface area contributed by atoms with Crippen molar-refractivity contribution >= 4 is 30.0 Å². The lowest BCUT2D eigenvalue weighted by molar-refractivity contribution is -0.137. The number of hydrogen-bond acceptors (Lipinski definition) is 3. The number of amides is 1. The molecule has 0 atom stereocenters. The molecule has 0 saturated heterocycles. The zero-order valence-corrected chi connectivity index (χ0v) is 12.0. The summed E-state index contributed by atoms with van der Waals surface area (Å²) in [6.45, 7) is 0.801. The zero-order valence-electron chi connectivity index (χ0n) is 11.1. The van der Waals surface area contributed by atoms with Crippen LogP contribution in [0.5, 0.6) is 0 Å². The molecule has 0 aliphatic heterocycles. The predicted octanol–water partition coefficient (Wildman–Crippen LogP) is 1.98. The Kier molecular flexibility index (Phi) is 8.51. The summed E-state index contributed by atoms with van der Waals surface area (Å²) in [5, 5.41) is 11.0. The molecule has 0 aromatic heterocycles. The van der Waals surface area contributed by atoms with E-state index >= 15 is 0 Å². The van der Waals surface area contributed by atoms with E-state index in [1.54, 1.807) is 24.1 Å². The number of carbonyl (C=O) groups excluding carboxylic acids is 1. The second-order valence-corrected chi connectivity index (χ2v) is 4.23. The second kappa shape index (κ2) is 9.28. The van der Waals surface area contributed by atoms with Crippen LogP contribution in [0.15, 0.2) is 24.3 Å². The average molecular weight is 305 g/mol. The van der Waals surface area contributed by atoms with E-state index in [4.69, 9.17) is 5.11 Å². The van der Waals surface area contributed by atoms with Crippen LogP contribution < -0.4 is 5.32 Å². The van der Waals surface area contributed by atoms with Crippen LogP contribution >= 0.6 is 12.4 Å². The Balaban J connectivity index is 0.00000361. The Morgan fingerprint density at radius 2 is 1.85 bits per heavy atom. The highest BCUT2D eigenvalue weighted by Crippen LogP contribution is 2.12. The first-order valence-electron chi connectivity index (χ1n) is 5.93. The van der Waals surface area contributed by atoms with E-state index in [0.717, 1.165) is 0 Å². The van der Waals surface area contributed by atoms with E-state index in [9.17, 15) is 14.0 Å². The van der Waals surface area contributed by atoms with Crippen LogP contribution in [-0.2, 0) is 9.59 Å². The van der Waals surface area contributed by atoms with Crippen LogP contribution in [-0.4, -0.2) is 42.0 Å². The molecule has 1 rings (SSSR count). The van der Waals surface area contributed by atoms with Gasteiger partial charge >= 0.3 is 5.97 Å². The van der Waals surface area contributed by atoms with Crippen LogP contribution in [0.4, 0.5) is 10.1 Å². The van der Waals surface area contributed by atoms with Gasteiger partial charge in [0.2, 0.25) is 5.91 Å². The van der Waals surface area contributed by atoms with Gasteiger partial charge in [0.15, 0.2) is 0 Å². The first-order chi connectivity index (χ1) is 8.99. The molecule has 112 valence electrons. The van der Waals surface area contributed by atoms with Crippen molar-refractivity contribution in [3.8, 4) is 0 Å². The monoisotopic (exact) mass is 304 g/mol. The van der Waals surface area contributed by atoms with Crippen LogP contribution in [0.1, 0.15) is 12.8 Å². The van der Waals surface area contributed by atoms with Crippen LogP contribution in [0.2, 0.25) is 0 Å². The molecule has 20 heavy (non-hydrogen) atoms. The largest absolute Gasteiger partial charge is 0.481 e. The summed E-state index contributed by atoms with van der Waals surface area (Å²) < 4.78 is 13.3. The average Bonchev–Trinajstić information content (AvgIpc) is 2.36. The summed E-state index contributed by atoms with van der Waals surface area (Å²) in [6.07, 6.45) is 0.218. The fourth-order valence-corrected chi connectivity index (χ4v) is 1.47. The Hall–Kier alpha value is -1.66. The fourth-order valence-electron chi connectivity index (χ4n) is 1.47. The Bertz CT molecular complexity index is 457. The van der Waals surface area contributed by atoms with Gasteiger partial charge in [0.05, 0.1) is 12.1 Å². The molecule has 2 N–H and O–H groups in total. The number of carbonyl (C=O) groups is 2. The SMILES string of the molecule is CN(CCC(=O)O)CCC(=O)Nc1ccccc1F.Cl. The Labute approximate surface area is 123 Å². The molecule has 1 amide bonds. The molecular weight excluding hydrogens is 287 g/mol. The normalized spacial score (nSPS) is 9.95. The Morgan fingerprint density at radius 1 is 1.25 bits per heavy atom. The highest BCUT2D eigenvalue weighted by molar-refractivity contribution is 5.90. The molecular formula is C13H18ClFN2O3. The smallest absolute Gasteiger partial charge is 0.304 e. The summed E-state index contributed by atoms with van der Waals surface area (Å²) in [5.41, 5.74) is 0.153. The molecule has 1 aromatic carbocycles. The molecule has 0 saturated carbocycles. The minimum Gasteiger partial charge on any atom is -0.481 e. The van der Waals surface area contributed by atoms with Gasteiger partial charge in [0.1, 0.15) is 5.82 Å². The third kappa shape index (κ3) is 7.06. The summed E-state index contributed by atoms with van der Waals surface area (Å²) in [7, 11) is 1.74. The number of nitrogens with zero attached hydrogens (tertiary/aromatic N) is 1. The number of anilines is 1. The van der Waals surface area contributed by atoms with Gasteiger partial charge < -0.3 is 15.3 Å². The number of carboxylic acids is 1. The maximum absolute atomic E-state index is 13.3. The van der Waals surface area contributed by atoms with Gasteiger partial charge in [-0.15, -0.1) is 12.4 Å². The van der Waals surface area contributed by atoms with Gasteiger partial charge in [-0.2, -0.15) is 0 Å². The summed E-state index contributed by atoms with van der Waals surface area (Å²) in [4.78, 5) is 23.7. The molecule has 0 aliphatic rings. The molecule has 0 unspecified atom stereocenters. The van der Waals surface area contributed by atoms with Crippen LogP contribution in [0.25, 0.3) is 0 Å². The van der Waals surface area contributed by atoms with Crippen molar-refractivity contribution in [2.45, 2.75) is 12.8 Å². The molecule has 0 bridgehead atoms. The van der Waals surface area contributed by atoms with E-state index in [1.807, 2.05) is 0 Å². The lowest BCUT2D eigenvalue weighted by Gasteiger charge is -2.15. The molecule has 0 aliphatic carbocycles. The number of halogens is 2. The van der Waals surface area contributed by atoms with Crippen molar-refractivity contribution in [2.24, 2.45) is 0 Å². The van der Waals surface area contributed by atoms with Gasteiger partial charge in [0.25, 0.3) is 0 Å². The lowest BCUT2D eigenvalue weighted by atomic mass is 10.3. The van der Waals surface area contributed by atoms with Crippen molar-refractivity contribution in [1.82, 2.24) is 4.90 Å². The van der Waals surface area contributed by atoms with E-state index < -0.39 is 11.8 Å². The highest BCUT2D eigenvalue weighted by atomic mass is 35.5. The molecule has 0 fully saturated rings. The van der Waals surface area contributed by atoms with Crippen molar-refractivity contribution < 1.29 is 19.1 Å². The number of benzene rings is 1. The van der Waals surface area contributed by atoms with E-state index in [0.29, 0.717) is 13.1 Å². The minimum atomic E-state index is -0.873. The maximum atomic E-state index is 13.3. The highest BCUT2D eigenvalue weighted by Gasteiger charge is 2.08.